The Morgan fingerprint density at radius 3 is 2.31 bits per heavy atom. The van der Waals surface area contributed by atoms with Gasteiger partial charge in [0.1, 0.15) is 0 Å². The van der Waals surface area contributed by atoms with Crippen molar-refractivity contribution in [2.24, 2.45) is 5.41 Å². The van der Waals surface area contributed by atoms with Gasteiger partial charge in [-0.25, -0.2) is 0 Å². The zero-order chi connectivity index (χ0) is 10.1. The minimum Gasteiger partial charge on any atom is -0.258 e. The smallest absolute Gasteiger partial charge is 0.0440 e. The molecule has 1 unspecified atom stereocenters. The van der Waals surface area contributed by atoms with Gasteiger partial charge in [0.25, 0.3) is 0 Å². The van der Waals surface area contributed by atoms with Crippen molar-refractivity contribution in [2.45, 2.75) is 40.5 Å². The van der Waals surface area contributed by atoms with Crippen LogP contribution in [-0.2, 0) is 0 Å². The number of rotatable bonds is 1. The third-order valence-electron chi connectivity index (χ3n) is 2.65. The van der Waals surface area contributed by atoms with Gasteiger partial charge >= 0.3 is 0 Å². The first-order valence-electron chi connectivity index (χ1n) is 4.85. The van der Waals surface area contributed by atoms with E-state index in [1.54, 1.807) is 0 Å². The van der Waals surface area contributed by atoms with E-state index in [0.29, 0.717) is 11.3 Å². The Morgan fingerprint density at radius 2 is 1.85 bits per heavy atom. The van der Waals surface area contributed by atoms with Crippen molar-refractivity contribution in [3.8, 4) is 0 Å². The SMILES string of the molecule is Cc1cccc(C(C)C(C)(C)C)n1. The summed E-state index contributed by atoms with van der Waals surface area (Å²) in [7, 11) is 0. The van der Waals surface area contributed by atoms with E-state index in [9.17, 15) is 0 Å². The number of nitrogens with zero attached hydrogens (tertiary/aromatic N) is 1. The maximum atomic E-state index is 4.54. The highest BCUT2D eigenvalue weighted by atomic mass is 14.7. The number of pyridine rings is 1. The summed E-state index contributed by atoms with van der Waals surface area (Å²) in [4.78, 5) is 4.54. The molecule has 0 saturated carbocycles. The quantitative estimate of drug-likeness (QED) is 0.639. The number of aromatic nitrogens is 1. The number of hydrogen-bond acceptors (Lipinski definition) is 1. The summed E-state index contributed by atoms with van der Waals surface area (Å²) < 4.78 is 0. The van der Waals surface area contributed by atoms with Crippen molar-refractivity contribution in [3.63, 3.8) is 0 Å². The molecule has 0 N–H and O–H groups in total. The van der Waals surface area contributed by atoms with E-state index in [-0.39, 0.29) is 0 Å². The molecule has 1 aromatic heterocycles. The van der Waals surface area contributed by atoms with Gasteiger partial charge in [0.15, 0.2) is 0 Å². The molecule has 1 rings (SSSR count). The van der Waals surface area contributed by atoms with E-state index < -0.39 is 0 Å². The molecule has 1 heterocycles. The summed E-state index contributed by atoms with van der Waals surface area (Å²) in [6.45, 7) is 11.0. The minimum atomic E-state index is 0.292. The molecule has 0 saturated heterocycles. The largest absolute Gasteiger partial charge is 0.258 e. The molecule has 13 heavy (non-hydrogen) atoms. The van der Waals surface area contributed by atoms with Crippen LogP contribution in [-0.4, -0.2) is 4.98 Å². The second-order valence-corrected chi connectivity index (χ2v) is 4.79. The molecule has 0 aliphatic rings. The first kappa shape index (κ1) is 10.2. The third-order valence-corrected chi connectivity index (χ3v) is 2.65. The van der Waals surface area contributed by atoms with Gasteiger partial charge in [-0.05, 0) is 24.5 Å². The lowest BCUT2D eigenvalue weighted by molar-refractivity contribution is 0.334. The number of hydrogen-bond donors (Lipinski definition) is 0. The molecule has 0 aliphatic heterocycles. The molecule has 1 aromatic rings. The molecule has 72 valence electrons. The van der Waals surface area contributed by atoms with Crippen LogP contribution in [0.3, 0.4) is 0 Å². The Bertz CT molecular complexity index is 283. The van der Waals surface area contributed by atoms with Crippen LogP contribution in [0.2, 0.25) is 0 Å². The molecular formula is C12H19N. The Labute approximate surface area is 81.2 Å². The summed E-state index contributed by atoms with van der Waals surface area (Å²) in [5, 5.41) is 0. The average molecular weight is 177 g/mol. The normalized spacial score (nSPS) is 14.2. The molecule has 0 bridgehead atoms. The standard InChI is InChI=1S/C12H19N/c1-9-7-6-8-11(13-9)10(2)12(3,4)5/h6-8,10H,1-5H3. The first-order valence-corrected chi connectivity index (χ1v) is 4.85. The Hall–Kier alpha value is -0.850. The molecule has 0 amide bonds. The van der Waals surface area contributed by atoms with Gasteiger partial charge < -0.3 is 0 Å². The third kappa shape index (κ3) is 2.55. The maximum absolute atomic E-state index is 4.54. The van der Waals surface area contributed by atoms with Crippen LogP contribution in [0.5, 0.6) is 0 Å². The molecule has 0 aromatic carbocycles. The van der Waals surface area contributed by atoms with Crippen LogP contribution in [0, 0.1) is 12.3 Å². The van der Waals surface area contributed by atoms with Crippen molar-refractivity contribution >= 4 is 0 Å². The zero-order valence-electron chi connectivity index (χ0n) is 9.26. The van der Waals surface area contributed by atoms with E-state index in [2.05, 4.69) is 44.8 Å². The summed E-state index contributed by atoms with van der Waals surface area (Å²) in [5.41, 5.74) is 2.60. The zero-order valence-corrected chi connectivity index (χ0v) is 9.26. The molecule has 1 nitrogen and oxygen atoms in total. The molecule has 0 radical (unpaired) electrons. The molecule has 1 atom stereocenters. The van der Waals surface area contributed by atoms with Crippen LogP contribution < -0.4 is 0 Å². The van der Waals surface area contributed by atoms with Gasteiger partial charge in [-0.15, -0.1) is 0 Å². The van der Waals surface area contributed by atoms with E-state index in [1.165, 1.54) is 5.69 Å². The summed E-state index contributed by atoms with van der Waals surface area (Å²) in [6, 6.07) is 6.24. The Kier molecular flexibility index (Phi) is 2.74. The van der Waals surface area contributed by atoms with Gasteiger partial charge in [-0.1, -0.05) is 33.8 Å². The highest BCUT2D eigenvalue weighted by molar-refractivity contribution is 5.15. The van der Waals surface area contributed by atoms with Gasteiger partial charge in [-0.3, -0.25) is 4.98 Å². The van der Waals surface area contributed by atoms with Crippen LogP contribution in [0.15, 0.2) is 18.2 Å². The highest BCUT2D eigenvalue weighted by Crippen LogP contribution is 2.33. The van der Waals surface area contributed by atoms with Gasteiger partial charge in [-0.2, -0.15) is 0 Å². The number of aryl methyl sites for hydroxylation is 1. The van der Waals surface area contributed by atoms with E-state index in [0.717, 1.165) is 5.69 Å². The lowest BCUT2D eigenvalue weighted by atomic mass is 9.80. The Balaban J connectivity index is 2.96. The summed E-state index contributed by atoms with van der Waals surface area (Å²) >= 11 is 0. The van der Waals surface area contributed by atoms with Crippen molar-refractivity contribution < 1.29 is 0 Å². The van der Waals surface area contributed by atoms with E-state index in [1.807, 2.05) is 13.0 Å². The topological polar surface area (TPSA) is 12.9 Å². The summed E-state index contributed by atoms with van der Waals surface area (Å²) in [5.74, 6) is 0.507. The molecule has 1 heteroatoms. The van der Waals surface area contributed by atoms with Gasteiger partial charge in [0.2, 0.25) is 0 Å². The molecule has 0 fully saturated rings. The maximum Gasteiger partial charge on any atom is 0.0440 e. The lowest BCUT2D eigenvalue weighted by Crippen LogP contribution is -2.16. The van der Waals surface area contributed by atoms with Crippen LogP contribution in [0.25, 0.3) is 0 Å². The van der Waals surface area contributed by atoms with Crippen molar-refractivity contribution in [2.75, 3.05) is 0 Å². The van der Waals surface area contributed by atoms with Gasteiger partial charge in [0, 0.05) is 17.3 Å². The second kappa shape index (κ2) is 3.49. The monoisotopic (exact) mass is 177 g/mol. The fraction of sp³-hybridized carbons (Fsp3) is 0.583. The van der Waals surface area contributed by atoms with Crippen molar-refractivity contribution in [3.05, 3.63) is 29.6 Å². The van der Waals surface area contributed by atoms with Crippen molar-refractivity contribution in [1.29, 1.82) is 0 Å². The van der Waals surface area contributed by atoms with E-state index in [4.69, 9.17) is 0 Å². The molecular weight excluding hydrogens is 158 g/mol. The second-order valence-electron chi connectivity index (χ2n) is 4.79. The predicted molar refractivity (Wildman–Crippen MR) is 56.8 cm³/mol. The summed E-state index contributed by atoms with van der Waals surface area (Å²) in [6.07, 6.45) is 0. The Morgan fingerprint density at radius 1 is 1.23 bits per heavy atom. The van der Waals surface area contributed by atoms with Crippen molar-refractivity contribution in [1.82, 2.24) is 4.98 Å². The lowest BCUT2D eigenvalue weighted by Gasteiger charge is -2.26. The highest BCUT2D eigenvalue weighted by Gasteiger charge is 2.22. The molecule has 0 spiro atoms. The van der Waals surface area contributed by atoms with Crippen LogP contribution in [0.1, 0.15) is 45.0 Å². The first-order chi connectivity index (χ1) is 5.91. The minimum absolute atomic E-state index is 0.292. The van der Waals surface area contributed by atoms with Crippen LogP contribution in [0.4, 0.5) is 0 Å². The fourth-order valence-corrected chi connectivity index (χ4v) is 1.25. The average Bonchev–Trinajstić information content (AvgIpc) is 2.01. The van der Waals surface area contributed by atoms with E-state index >= 15 is 0 Å². The fourth-order valence-electron chi connectivity index (χ4n) is 1.25. The van der Waals surface area contributed by atoms with Crippen LogP contribution >= 0.6 is 0 Å². The van der Waals surface area contributed by atoms with Gasteiger partial charge in [0.05, 0.1) is 0 Å². The predicted octanol–water partition coefficient (Wildman–Crippen LogP) is 3.54. The molecule has 0 aliphatic carbocycles.